The highest BCUT2D eigenvalue weighted by Crippen LogP contribution is 2.26. The monoisotopic (exact) mass is 178 g/mol. The molecule has 0 saturated carbocycles. The Balaban J connectivity index is 2.65. The van der Waals surface area contributed by atoms with Crippen molar-refractivity contribution in [3.8, 4) is 0 Å². The highest BCUT2D eigenvalue weighted by molar-refractivity contribution is 4.86. The van der Waals surface area contributed by atoms with Crippen LogP contribution in [0.15, 0.2) is 0 Å². The molecule has 0 bridgehead atoms. The number of aliphatic hydroxyl groups excluding tert-OH is 3. The summed E-state index contributed by atoms with van der Waals surface area (Å²) in [5.41, 5.74) is 0. The summed E-state index contributed by atoms with van der Waals surface area (Å²) in [6, 6.07) is 0. The Hall–Kier alpha value is -0.200. The van der Waals surface area contributed by atoms with Gasteiger partial charge >= 0.3 is 0 Å². The van der Waals surface area contributed by atoms with Crippen LogP contribution in [0, 0.1) is 0 Å². The van der Waals surface area contributed by atoms with Crippen LogP contribution in [0.5, 0.6) is 0 Å². The van der Waals surface area contributed by atoms with Crippen molar-refractivity contribution in [1.82, 2.24) is 0 Å². The molecule has 5 nitrogen and oxygen atoms in total. The maximum absolute atomic E-state index is 9.36. The van der Waals surface area contributed by atoms with Crippen molar-refractivity contribution >= 4 is 0 Å². The van der Waals surface area contributed by atoms with E-state index in [0.29, 0.717) is 0 Å². The van der Waals surface area contributed by atoms with Gasteiger partial charge in [-0.1, -0.05) is 0 Å². The van der Waals surface area contributed by atoms with Crippen molar-refractivity contribution in [3.05, 3.63) is 0 Å². The third kappa shape index (κ3) is 1.94. The Morgan fingerprint density at radius 1 is 1.50 bits per heavy atom. The minimum absolute atomic E-state index is 0.0509. The predicted molar refractivity (Wildman–Crippen MR) is 39.2 cm³/mol. The second kappa shape index (κ2) is 3.27. The van der Waals surface area contributed by atoms with Crippen LogP contribution in [0.1, 0.15) is 13.3 Å². The van der Waals surface area contributed by atoms with E-state index in [1.54, 1.807) is 0 Å². The molecule has 0 aliphatic carbocycles. The van der Waals surface area contributed by atoms with Crippen molar-refractivity contribution in [1.29, 1.82) is 0 Å². The predicted octanol–water partition coefficient (Wildman–Crippen LogP) is -1.80. The average molecular weight is 178 g/mol. The van der Waals surface area contributed by atoms with Gasteiger partial charge in [0.2, 0.25) is 0 Å². The zero-order valence-electron chi connectivity index (χ0n) is 6.84. The van der Waals surface area contributed by atoms with Crippen molar-refractivity contribution in [2.45, 2.75) is 37.4 Å². The van der Waals surface area contributed by atoms with Gasteiger partial charge < -0.3 is 25.2 Å². The van der Waals surface area contributed by atoms with Crippen molar-refractivity contribution in [2.75, 3.05) is 6.61 Å². The number of aliphatic hydroxyl groups is 4. The Morgan fingerprint density at radius 3 is 2.58 bits per heavy atom. The zero-order chi connectivity index (χ0) is 9.35. The van der Waals surface area contributed by atoms with Crippen LogP contribution in [0.2, 0.25) is 0 Å². The lowest BCUT2D eigenvalue weighted by atomic mass is 9.97. The Morgan fingerprint density at radius 2 is 2.08 bits per heavy atom. The fourth-order valence-corrected chi connectivity index (χ4v) is 1.35. The fourth-order valence-electron chi connectivity index (χ4n) is 1.35. The van der Waals surface area contributed by atoms with Crippen molar-refractivity contribution < 1.29 is 25.2 Å². The number of hydrogen-bond acceptors (Lipinski definition) is 5. The maximum atomic E-state index is 9.36. The lowest BCUT2D eigenvalue weighted by molar-refractivity contribution is -0.296. The summed E-state index contributed by atoms with van der Waals surface area (Å²) in [6.07, 6.45) is -3.14. The van der Waals surface area contributed by atoms with Crippen LogP contribution in [0.3, 0.4) is 0 Å². The second-order valence-electron chi connectivity index (χ2n) is 3.28. The highest BCUT2D eigenvalue weighted by atomic mass is 16.6. The van der Waals surface area contributed by atoms with Crippen LogP contribution < -0.4 is 0 Å². The first-order valence-electron chi connectivity index (χ1n) is 3.83. The second-order valence-corrected chi connectivity index (χ2v) is 3.28. The number of rotatable bonds is 1. The Bertz CT molecular complexity index is 158. The van der Waals surface area contributed by atoms with Crippen LogP contribution in [0.25, 0.3) is 0 Å². The molecule has 0 aromatic heterocycles. The third-order valence-corrected chi connectivity index (χ3v) is 1.95. The van der Waals surface area contributed by atoms with E-state index in [0.717, 1.165) is 0 Å². The molecule has 5 heteroatoms. The van der Waals surface area contributed by atoms with Crippen LogP contribution in [-0.2, 0) is 4.74 Å². The Labute approximate surface area is 70.2 Å². The van der Waals surface area contributed by atoms with Crippen LogP contribution in [0.4, 0.5) is 0 Å². The lowest BCUT2D eigenvalue weighted by Crippen LogP contribution is -2.54. The SMILES string of the molecule is C[C@@]1(O)C[C@@H](O)[C@@H](O)[C@@H](CO)O1. The molecule has 0 amide bonds. The highest BCUT2D eigenvalue weighted by Gasteiger charge is 2.41. The summed E-state index contributed by atoms with van der Waals surface area (Å²) in [7, 11) is 0. The lowest BCUT2D eigenvalue weighted by Gasteiger charge is -2.39. The van der Waals surface area contributed by atoms with Crippen LogP contribution in [-0.4, -0.2) is 51.1 Å². The molecule has 1 saturated heterocycles. The smallest absolute Gasteiger partial charge is 0.165 e. The molecule has 72 valence electrons. The van der Waals surface area contributed by atoms with E-state index >= 15 is 0 Å². The van der Waals surface area contributed by atoms with Crippen LogP contribution >= 0.6 is 0 Å². The topological polar surface area (TPSA) is 90.2 Å². The summed E-state index contributed by atoms with van der Waals surface area (Å²) in [5, 5.41) is 36.5. The molecule has 4 atom stereocenters. The van der Waals surface area contributed by atoms with Crippen molar-refractivity contribution in [3.63, 3.8) is 0 Å². The first-order chi connectivity index (χ1) is 5.46. The molecule has 1 aliphatic rings. The molecular formula is C7H14O5. The fraction of sp³-hybridized carbons (Fsp3) is 1.00. The summed E-state index contributed by atoms with van der Waals surface area (Å²) >= 11 is 0. The van der Waals surface area contributed by atoms with Gasteiger partial charge in [0, 0.05) is 6.42 Å². The van der Waals surface area contributed by atoms with E-state index in [4.69, 9.17) is 9.84 Å². The average Bonchev–Trinajstić information content (AvgIpc) is 1.96. The third-order valence-electron chi connectivity index (χ3n) is 1.95. The van der Waals surface area contributed by atoms with Gasteiger partial charge in [-0.25, -0.2) is 0 Å². The summed E-state index contributed by atoms with van der Waals surface area (Å²) < 4.78 is 4.90. The van der Waals surface area contributed by atoms with Gasteiger partial charge in [0.25, 0.3) is 0 Å². The quantitative estimate of drug-likeness (QED) is 0.380. The molecule has 1 rings (SSSR count). The molecular weight excluding hydrogens is 164 g/mol. The van der Waals surface area contributed by atoms with E-state index in [2.05, 4.69) is 0 Å². The first kappa shape index (κ1) is 9.88. The van der Waals surface area contributed by atoms with E-state index in [1.165, 1.54) is 6.92 Å². The summed E-state index contributed by atoms with van der Waals surface area (Å²) in [6.45, 7) is 0.957. The maximum Gasteiger partial charge on any atom is 0.165 e. The van der Waals surface area contributed by atoms with E-state index < -0.39 is 30.7 Å². The molecule has 0 radical (unpaired) electrons. The number of ether oxygens (including phenoxy) is 1. The summed E-state index contributed by atoms with van der Waals surface area (Å²) in [5.74, 6) is -1.47. The standard InChI is InChI=1S/C7H14O5/c1-7(11)2-4(9)6(10)5(3-8)12-7/h4-6,8-11H,2-3H2,1H3/t4-,5-,6-,7+/m1/s1. The van der Waals surface area contributed by atoms with Gasteiger partial charge in [-0.3, -0.25) is 0 Å². The first-order valence-corrected chi connectivity index (χ1v) is 3.83. The minimum Gasteiger partial charge on any atom is -0.394 e. The minimum atomic E-state index is -1.47. The van der Waals surface area contributed by atoms with Gasteiger partial charge in [-0.15, -0.1) is 0 Å². The number of hydrogen-bond donors (Lipinski definition) is 4. The molecule has 0 aromatic rings. The van der Waals surface area contributed by atoms with E-state index in [1.807, 2.05) is 0 Å². The molecule has 1 fully saturated rings. The molecule has 0 aromatic carbocycles. The molecule has 12 heavy (non-hydrogen) atoms. The van der Waals surface area contributed by atoms with Gasteiger partial charge in [0.05, 0.1) is 12.7 Å². The molecule has 0 spiro atoms. The van der Waals surface area contributed by atoms with E-state index in [9.17, 15) is 15.3 Å². The van der Waals surface area contributed by atoms with Crippen molar-refractivity contribution in [2.24, 2.45) is 0 Å². The molecule has 0 unspecified atom stereocenters. The van der Waals surface area contributed by atoms with Gasteiger partial charge in [-0.2, -0.15) is 0 Å². The normalized spacial score (nSPS) is 49.2. The van der Waals surface area contributed by atoms with Gasteiger partial charge in [0.15, 0.2) is 5.79 Å². The van der Waals surface area contributed by atoms with E-state index in [-0.39, 0.29) is 6.42 Å². The largest absolute Gasteiger partial charge is 0.394 e. The summed E-state index contributed by atoms with van der Waals surface area (Å²) in [4.78, 5) is 0. The molecule has 1 aliphatic heterocycles. The zero-order valence-corrected chi connectivity index (χ0v) is 6.84. The van der Waals surface area contributed by atoms with Gasteiger partial charge in [-0.05, 0) is 6.92 Å². The molecule has 1 heterocycles. The molecule has 4 N–H and O–H groups in total. The Kier molecular flexibility index (Phi) is 2.70. The van der Waals surface area contributed by atoms with Gasteiger partial charge in [0.1, 0.15) is 12.2 Å².